The molecule has 1 aromatic rings. The van der Waals surface area contributed by atoms with Crippen LogP contribution in [0.3, 0.4) is 0 Å². The number of anilines is 1. The van der Waals surface area contributed by atoms with Crippen molar-refractivity contribution in [3.63, 3.8) is 0 Å². The van der Waals surface area contributed by atoms with Crippen LogP contribution in [0, 0.1) is 0 Å². The first-order chi connectivity index (χ1) is 5.77. The van der Waals surface area contributed by atoms with E-state index in [0.717, 1.165) is 10.6 Å². The third kappa shape index (κ3) is 1.02. The van der Waals surface area contributed by atoms with Crippen LogP contribution in [0.2, 0.25) is 0 Å². The van der Waals surface area contributed by atoms with Crippen LogP contribution in [-0.2, 0) is 4.74 Å². The molecule has 1 aliphatic heterocycles. The van der Waals surface area contributed by atoms with E-state index < -0.39 is 6.35 Å². The lowest BCUT2D eigenvalue weighted by Gasteiger charge is -2.10. The van der Waals surface area contributed by atoms with E-state index in [0.29, 0.717) is 5.69 Å². The number of hydrogen-bond acceptors (Lipinski definition) is 4. The van der Waals surface area contributed by atoms with Crippen LogP contribution < -0.4 is 22.0 Å². The first-order valence-corrected chi connectivity index (χ1v) is 3.61. The van der Waals surface area contributed by atoms with Crippen molar-refractivity contribution in [2.24, 2.45) is 10.7 Å². The summed E-state index contributed by atoms with van der Waals surface area (Å²) >= 11 is 0. The van der Waals surface area contributed by atoms with E-state index in [1.54, 1.807) is 12.3 Å². The monoisotopic (exact) mass is 163 g/mol. The van der Waals surface area contributed by atoms with Crippen LogP contribution in [0.5, 0.6) is 0 Å². The molecule has 4 N–H and O–H groups in total. The summed E-state index contributed by atoms with van der Waals surface area (Å²) in [6.45, 7) is 0. The number of nitrogen functional groups attached to an aromatic ring is 1. The normalized spacial score (nSPS) is 19.9. The molecule has 0 aromatic heterocycles. The van der Waals surface area contributed by atoms with E-state index in [9.17, 15) is 0 Å². The Bertz CT molecular complexity index is 413. The van der Waals surface area contributed by atoms with Crippen molar-refractivity contribution in [3.05, 3.63) is 28.8 Å². The van der Waals surface area contributed by atoms with Gasteiger partial charge in [0, 0.05) is 5.69 Å². The number of nitrogens with zero attached hydrogens (tertiary/aromatic N) is 1. The van der Waals surface area contributed by atoms with Crippen molar-refractivity contribution >= 4 is 11.9 Å². The molecule has 12 heavy (non-hydrogen) atoms. The number of hydrogen-bond donors (Lipinski definition) is 2. The molecule has 1 aliphatic rings. The summed E-state index contributed by atoms with van der Waals surface area (Å²) in [6.07, 6.45) is 0.946. The van der Waals surface area contributed by atoms with Gasteiger partial charge in [0.1, 0.15) is 0 Å². The largest absolute Gasteiger partial charge is 0.462 e. The molecule has 1 unspecified atom stereocenters. The van der Waals surface area contributed by atoms with Gasteiger partial charge >= 0.3 is 0 Å². The first-order valence-electron chi connectivity index (χ1n) is 3.61. The van der Waals surface area contributed by atoms with Gasteiger partial charge in [-0.3, -0.25) is 5.73 Å². The minimum atomic E-state index is -0.598. The molecule has 0 saturated carbocycles. The average Bonchev–Trinajstić information content (AvgIpc) is 2.04. The quantitative estimate of drug-likeness (QED) is 0.477. The topological polar surface area (TPSA) is 73.6 Å². The number of nitrogens with two attached hydrogens (primary N) is 2. The fraction of sp³-hybridized carbons (Fsp3) is 0.125. The molecule has 4 nitrogen and oxygen atoms in total. The standard InChI is InChI=1S/C8H9N3O/c9-6-2-1-3-7-5(6)4-12-8(10)11-7/h1-4,8H,9-10H2. The van der Waals surface area contributed by atoms with Crippen molar-refractivity contribution in [2.75, 3.05) is 5.73 Å². The van der Waals surface area contributed by atoms with E-state index in [4.69, 9.17) is 16.2 Å². The minimum absolute atomic E-state index is 0.598. The van der Waals surface area contributed by atoms with Crippen LogP contribution in [0.25, 0.3) is 6.26 Å². The van der Waals surface area contributed by atoms with Crippen molar-refractivity contribution in [1.82, 2.24) is 0 Å². The minimum Gasteiger partial charge on any atom is -0.462 e. The Kier molecular flexibility index (Phi) is 1.48. The van der Waals surface area contributed by atoms with Gasteiger partial charge in [0.25, 0.3) is 0 Å². The van der Waals surface area contributed by atoms with Gasteiger partial charge in [-0.2, -0.15) is 0 Å². The molecule has 0 spiro atoms. The smallest absolute Gasteiger partial charge is 0.244 e. The van der Waals surface area contributed by atoms with Crippen LogP contribution >= 0.6 is 0 Å². The van der Waals surface area contributed by atoms with Crippen LogP contribution in [-0.4, -0.2) is 6.35 Å². The molecular weight excluding hydrogens is 154 g/mol. The predicted molar refractivity (Wildman–Crippen MR) is 45.2 cm³/mol. The predicted octanol–water partition coefficient (Wildman–Crippen LogP) is -1.10. The zero-order valence-corrected chi connectivity index (χ0v) is 6.40. The van der Waals surface area contributed by atoms with Crippen molar-refractivity contribution in [1.29, 1.82) is 0 Å². The Labute approximate surface area is 69.2 Å². The third-order valence-electron chi connectivity index (χ3n) is 1.71. The SMILES string of the molecule is Nc1cccc2c1=COC(N)N=2. The van der Waals surface area contributed by atoms with Crippen molar-refractivity contribution in [2.45, 2.75) is 6.35 Å². The molecule has 2 rings (SSSR count). The summed E-state index contributed by atoms with van der Waals surface area (Å²) in [6, 6.07) is 5.49. The fourth-order valence-corrected chi connectivity index (χ4v) is 1.12. The van der Waals surface area contributed by atoms with Gasteiger partial charge in [0.05, 0.1) is 16.8 Å². The summed E-state index contributed by atoms with van der Waals surface area (Å²) < 4.78 is 4.99. The summed E-state index contributed by atoms with van der Waals surface area (Å²) in [4.78, 5) is 4.05. The highest BCUT2D eigenvalue weighted by molar-refractivity contribution is 5.42. The Morgan fingerprint density at radius 2 is 2.25 bits per heavy atom. The van der Waals surface area contributed by atoms with Gasteiger partial charge in [-0.1, -0.05) is 6.07 Å². The second kappa shape index (κ2) is 2.49. The summed E-state index contributed by atoms with van der Waals surface area (Å²) in [5.41, 5.74) is 11.8. The Morgan fingerprint density at radius 3 is 3.08 bits per heavy atom. The maximum absolute atomic E-state index is 5.67. The Morgan fingerprint density at radius 1 is 1.42 bits per heavy atom. The molecular formula is C8H9N3O. The summed E-state index contributed by atoms with van der Waals surface area (Å²) in [7, 11) is 0. The lowest BCUT2D eigenvalue weighted by molar-refractivity contribution is 0.186. The molecule has 0 fully saturated rings. The van der Waals surface area contributed by atoms with E-state index >= 15 is 0 Å². The van der Waals surface area contributed by atoms with Gasteiger partial charge in [-0.25, -0.2) is 4.99 Å². The molecule has 62 valence electrons. The number of rotatable bonds is 0. The third-order valence-corrected chi connectivity index (χ3v) is 1.71. The zero-order valence-electron chi connectivity index (χ0n) is 6.40. The average molecular weight is 163 g/mol. The van der Waals surface area contributed by atoms with Gasteiger partial charge in [0.15, 0.2) is 0 Å². The molecule has 1 aromatic carbocycles. The van der Waals surface area contributed by atoms with Crippen molar-refractivity contribution in [3.8, 4) is 0 Å². The van der Waals surface area contributed by atoms with Gasteiger partial charge < -0.3 is 10.5 Å². The summed E-state index contributed by atoms with van der Waals surface area (Å²) in [5.74, 6) is 0. The lowest BCUT2D eigenvalue weighted by atomic mass is 10.2. The molecule has 1 atom stereocenters. The molecule has 0 saturated heterocycles. The molecule has 0 radical (unpaired) electrons. The Hall–Kier alpha value is -1.55. The Balaban J connectivity index is 2.78. The second-order valence-corrected chi connectivity index (χ2v) is 2.55. The van der Waals surface area contributed by atoms with E-state index in [2.05, 4.69) is 4.99 Å². The zero-order chi connectivity index (χ0) is 8.55. The van der Waals surface area contributed by atoms with Gasteiger partial charge in [0.2, 0.25) is 6.35 Å². The van der Waals surface area contributed by atoms with E-state index in [1.807, 2.05) is 12.1 Å². The molecule has 0 amide bonds. The highest BCUT2D eigenvalue weighted by Crippen LogP contribution is 1.93. The van der Waals surface area contributed by atoms with E-state index in [1.165, 1.54) is 0 Å². The fourth-order valence-electron chi connectivity index (χ4n) is 1.12. The van der Waals surface area contributed by atoms with Crippen LogP contribution in [0.1, 0.15) is 0 Å². The number of benzene rings is 1. The maximum atomic E-state index is 5.67. The first kappa shape index (κ1) is 7.12. The number of ether oxygens (including phenoxy) is 1. The molecule has 0 aliphatic carbocycles. The lowest BCUT2D eigenvalue weighted by Crippen LogP contribution is -2.37. The highest BCUT2D eigenvalue weighted by Gasteiger charge is 2.03. The van der Waals surface area contributed by atoms with E-state index in [-0.39, 0.29) is 0 Å². The van der Waals surface area contributed by atoms with Gasteiger partial charge in [-0.05, 0) is 12.1 Å². The molecule has 0 bridgehead atoms. The summed E-state index contributed by atoms with van der Waals surface area (Å²) in [5, 5.41) is 1.59. The molecule has 1 heterocycles. The highest BCUT2D eigenvalue weighted by atomic mass is 16.5. The maximum Gasteiger partial charge on any atom is 0.244 e. The second-order valence-electron chi connectivity index (χ2n) is 2.55. The van der Waals surface area contributed by atoms with Crippen LogP contribution in [0.15, 0.2) is 23.2 Å². The van der Waals surface area contributed by atoms with Gasteiger partial charge in [-0.15, -0.1) is 0 Å². The number of fused-ring (bicyclic) bond motifs is 1. The molecule has 4 heteroatoms. The van der Waals surface area contributed by atoms with Crippen molar-refractivity contribution < 1.29 is 4.74 Å². The van der Waals surface area contributed by atoms with Crippen LogP contribution in [0.4, 0.5) is 5.69 Å².